The van der Waals surface area contributed by atoms with Gasteiger partial charge in [0.1, 0.15) is 0 Å². The van der Waals surface area contributed by atoms with E-state index in [1.807, 2.05) is 42.8 Å². The highest BCUT2D eigenvalue weighted by molar-refractivity contribution is 7.91. The zero-order valence-electron chi connectivity index (χ0n) is 15.7. The van der Waals surface area contributed by atoms with Gasteiger partial charge in [-0.05, 0) is 25.1 Å². The van der Waals surface area contributed by atoms with Gasteiger partial charge in [0.25, 0.3) is 0 Å². The van der Waals surface area contributed by atoms with Crippen LogP contribution in [0.5, 0.6) is 0 Å². The Morgan fingerprint density at radius 1 is 1.14 bits per heavy atom. The van der Waals surface area contributed by atoms with Gasteiger partial charge in [-0.3, -0.25) is 4.79 Å². The number of hydrogen-bond donors (Lipinski definition) is 2. The van der Waals surface area contributed by atoms with Gasteiger partial charge in [0.2, 0.25) is 5.91 Å². The van der Waals surface area contributed by atoms with Crippen molar-refractivity contribution >= 4 is 43.1 Å². The molecular formula is C21H19N3O3S2. The number of anilines is 1. The van der Waals surface area contributed by atoms with Crippen LogP contribution in [0.2, 0.25) is 0 Å². The molecule has 29 heavy (non-hydrogen) atoms. The van der Waals surface area contributed by atoms with Crippen LogP contribution in [0.15, 0.2) is 65.0 Å². The monoisotopic (exact) mass is 425 g/mol. The minimum absolute atomic E-state index is 0.127. The molecule has 2 heterocycles. The van der Waals surface area contributed by atoms with Crippen LogP contribution in [-0.2, 0) is 14.6 Å². The summed E-state index contributed by atoms with van der Waals surface area (Å²) in [6.45, 7) is 1.89. The van der Waals surface area contributed by atoms with E-state index in [0.29, 0.717) is 5.13 Å². The van der Waals surface area contributed by atoms with Crippen LogP contribution in [0.4, 0.5) is 5.13 Å². The number of nitrogens with zero attached hydrogens (tertiary/aromatic N) is 1. The lowest BCUT2D eigenvalue weighted by molar-refractivity contribution is -0.115. The fraction of sp³-hybridized carbons (Fsp3) is 0.143. The molecule has 0 atom stereocenters. The van der Waals surface area contributed by atoms with E-state index < -0.39 is 9.84 Å². The lowest BCUT2D eigenvalue weighted by Crippen LogP contribution is -2.17. The molecule has 6 nitrogen and oxygen atoms in total. The van der Waals surface area contributed by atoms with Gasteiger partial charge in [0.05, 0.1) is 16.3 Å². The highest BCUT2D eigenvalue weighted by atomic mass is 32.2. The van der Waals surface area contributed by atoms with Gasteiger partial charge in [-0.1, -0.05) is 35.9 Å². The number of para-hydroxylation sites is 1. The Morgan fingerprint density at radius 2 is 1.90 bits per heavy atom. The highest BCUT2D eigenvalue weighted by Gasteiger charge is 2.17. The molecule has 1 amide bonds. The molecular weight excluding hydrogens is 406 g/mol. The fourth-order valence-corrected chi connectivity index (χ4v) is 4.98. The minimum atomic E-state index is -3.50. The number of sulfone groups is 1. The molecule has 0 saturated heterocycles. The molecule has 2 aromatic heterocycles. The van der Waals surface area contributed by atoms with Crippen LogP contribution in [0.3, 0.4) is 0 Å². The maximum atomic E-state index is 12.4. The number of H-pyrrole nitrogens is 1. The number of aromatic amines is 1. The summed E-state index contributed by atoms with van der Waals surface area (Å²) in [6.07, 6.45) is 1.76. The molecule has 0 aliphatic carbocycles. The van der Waals surface area contributed by atoms with Crippen LogP contribution in [0.25, 0.3) is 22.2 Å². The van der Waals surface area contributed by atoms with Gasteiger partial charge in [0.15, 0.2) is 15.0 Å². The Hall–Kier alpha value is -2.97. The number of hydrogen-bond acceptors (Lipinski definition) is 5. The van der Waals surface area contributed by atoms with Crippen molar-refractivity contribution in [3.63, 3.8) is 0 Å². The van der Waals surface area contributed by atoms with Crippen LogP contribution < -0.4 is 5.32 Å². The molecule has 2 N–H and O–H groups in total. The van der Waals surface area contributed by atoms with Crippen molar-refractivity contribution in [1.82, 2.24) is 9.97 Å². The standard InChI is InChI=1S/C21H19N3O3S2/c1-14-6-8-15(9-7-14)29(26,27)11-10-20(25)24-21-23-19(13-28-21)17-12-22-18-5-3-2-4-16(17)18/h2-9,12-13,22H,10-11H2,1H3,(H,23,24,25). The van der Waals surface area contributed by atoms with E-state index in [2.05, 4.69) is 15.3 Å². The van der Waals surface area contributed by atoms with Crippen molar-refractivity contribution in [3.05, 3.63) is 65.7 Å². The molecule has 8 heteroatoms. The number of aromatic nitrogens is 2. The second-order valence-electron chi connectivity index (χ2n) is 6.72. The number of amides is 1. The first kappa shape index (κ1) is 19.4. The van der Waals surface area contributed by atoms with Crippen molar-refractivity contribution in [1.29, 1.82) is 0 Å². The number of thiazole rings is 1. The zero-order valence-corrected chi connectivity index (χ0v) is 17.3. The lowest BCUT2D eigenvalue weighted by atomic mass is 10.1. The first-order valence-electron chi connectivity index (χ1n) is 9.04. The van der Waals surface area contributed by atoms with E-state index in [-0.39, 0.29) is 23.0 Å². The van der Waals surface area contributed by atoms with Crippen LogP contribution in [-0.4, -0.2) is 30.0 Å². The van der Waals surface area contributed by atoms with Gasteiger partial charge in [-0.15, -0.1) is 11.3 Å². The Kier molecular flexibility index (Phi) is 5.21. The lowest BCUT2D eigenvalue weighted by Gasteiger charge is -2.05. The number of fused-ring (bicyclic) bond motifs is 1. The van der Waals surface area contributed by atoms with Crippen LogP contribution in [0, 0.1) is 6.92 Å². The SMILES string of the molecule is Cc1ccc(S(=O)(=O)CCC(=O)Nc2nc(-c3c[nH]c4ccccc34)cs2)cc1. The molecule has 0 radical (unpaired) electrons. The van der Waals surface area contributed by atoms with Crippen molar-refractivity contribution in [2.75, 3.05) is 11.1 Å². The van der Waals surface area contributed by atoms with E-state index in [1.54, 1.807) is 24.3 Å². The normalized spacial score (nSPS) is 11.6. The Labute approximate surface area is 172 Å². The van der Waals surface area contributed by atoms with E-state index in [1.165, 1.54) is 11.3 Å². The Morgan fingerprint density at radius 3 is 2.69 bits per heavy atom. The number of carbonyl (C=O) groups excluding carboxylic acids is 1. The average molecular weight is 426 g/mol. The molecule has 0 aliphatic rings. The second kappa shape index (κ2) is 7.81. The topological polar surface area (TPSA) is 91.9 Å². The summed E-state index contributed by atoms with van der Waals surface area (Å²) in [5, 5.41) is 6.07. The fourth-order valence-electron chi connectivity index (χ4n) is 3.01. The van der Waals surface area contributed by atoms with E-state index in [0.717, 1.165) is 27.7 Å². The third kappa shape index (κ3) is 4.23. The molecule has 0 saturated carbocycles. The van der Waals surface area contributed by atoms with Crippen LogP contribution in [0.1, 0.15) is 12.0 Å². The van der Waals surface area contributed by atoms with E-state index >= 15 is 0 Å². The third-order valence-corrected chi connectivity index (χ3v) is 7.08. The largest absolute Gasteiger partial charge is 0.360 e. The Bertz CT molecular complexity index is 1270. The average Bonchev–Trinajstić information content (AvgIpc) is 3.33. The first-order chi connectivity index (χ1) is 13.9. The smallest absolute Gasteiger partial charge is 0.227 e. The quantitative estimate of drug-likeness (QED) is 0.479. The number of aryl methyl sites for hydroxylation is 1. The van der Waals surface area contributed by atoms with Gasteiger partial charge < -0.3 is 10.3 Å². The van der Waals surface area contributed by atoms with E-state index in [9.17, 15) is 13.2 Å². The number of carbonyl (C=O) groups is 1. The number of rotatable bonds is 6. The number of benzene rings is 2. The molecule has 0 fully saturated rings. The van der Waals surface area contributed by atoms with Crippen molar-refractivity contribution in [2.24, 2.45) is 0 Å². The van der Waals surface area contributed by atoms with E-state index in [4.69, 9.17) is 0 Å². The molecule has 2 aromatic carbocycles. The predicted octanol–water partition coefficient (Wildman–Crippen LogP) is 4.40. The predicted molar refractivity (Wildman–Crippen MR) is 116 cm³/mol. The number of nitrogens with one attached hydrogen (secondary N) is 2. The summed E-state index contributed by atoms with van der Waals surface area (Å²) in [5.41, 5.74) is 3.72. The third-order valence-electron chi connectivity index (χ3n) is 4.59. The van der Waals surface area contributed by atoms with Gasteiger partial charge in [-0.2, -0.15) is 0 Å². The molecule has 148 valence electrons. The summed E-state index contributed by atoms with van der Waals surface area (Å²) in [5.74, 6) is -0.622. The highest BCUT2D eigenvalue weighted by Crippen LogP contribution is 2.31. The summed E-state index contributed by atoms with van der Waals surface area (Å²) in [4.78, 5) is 20.1. The second-order valence-corrected chi connectivity index (χ2v) is 9.68. The maximum Gasteiger partial charge on any atom is 0.227 e. The molecule has 4 aromatic rings. The molecule has 0 spiro atoms. The van der Waals surface area contributed by atoms with Gasteiger partial charge in [0, 0.05) is 34.5 Å². The summed E-state index contributed by atoms with van der Waals surface area (Å²) in [7, 11) is -3.50. The van der Waals surface area contributed by atoms with Gasteiger partial charge in [-0.25, -0.2) is 13.4 Å². The summed E-state index contributed by atoms with van der Waals surface area (Å²) < 4.78 is 24.8. The van der Waals surface area contributed by atoms with Gasteiger partial charge >= 0.3 is 0 Å². The maximum absolute atomic E-state index is 12.4. The van der Waals surface area contributed by atoms with Crippen molar-refractivity contribution in [3.8, 4) is 11.3 Å². The summed E-state index contributed by atoms with van der Waals surface area (Å²) >= 11 is 1.31. The zero-order chi connectivity index (χ0) is 20.4. The molecule has 0 unspecified atom stereocenters. The Balaban J connectivity index is 1.41. The first-order valence-corrected chi connectivity index (χ1v) is 11.6. The molecule has 0 bridgehead atoms. The summed E-state index contributed by atoms with van der Waals surface area (Å²) in [6, 6.07) is 14.5. The van der Waals surface area contributed by atoms with Crippen molar-refractivity contribution < 1.29 is 13.2 Å². The molecule has 4 rings (SSSR count). The minimum Gasteiger partial charge on any atom is -0.360 e. The van der Waals surface area contributed by atoms with Crippen LogP contribution >= 0.6 is 11.3 Å². The molecule has 0 aliphatic heterocycles. The van der Waals surface area contributed by atoms with Crippen molar-refractivity contribution in [2.45, 2.75) is 18.2 Å².